The molecule has 182 valence electrons. The maximum Gasteiger partial charge on any atom is 0.337 e. The zero-order valence-corrected chi connectivity index (χ0v) is 19.2. The summed E-state index contributed by atoms with van der Waals surface area (Å²) in [5.41, 5.74) is 4.69. The maximum atomic E-state index is 13.5. The first-order chi connectivity index (χ1) is 17.1. The molecule has 2 aromatic rings. The minimum Gasteiger partial charge on any atom is -0.454 e. The Kier molecular flexibility index (Phi) is 5.44. The van der Waals surface area contributed by atoms with Crippen LogP contribution in [0.4, 0.5) is 10.5 Å². The highest BCUT2D eigenvalue weighted by Crippen LogP contribution is 2.39. The van der Waals surface area contributed by atoms with Gasteiger partial charge in [-0.1, -0.05) is 43.2 Å². The van der Waals surface area contributed by atoms with Gasteiger partial charge in [-0.2, -0.15) is 5.43 Å². The molecule has 0 aromatic heterocycles. The molecular formula is C25H27N5O5. The van der Waals surface area contributed by atoms with E-state index in [0.29, 0.717) is 23.7 Å². The Morgan fingerprint density at radius 2 is 1.83 bits per heavy atom. The number of carbonyl (C=O) groups excluding carboxylic acids is 3. The Balaban J connectivity index is 1.20. The van der Waals surface area contributed by atoms with Crippen LogP contribution in [-0.4, -0.2) is 58.3 Å². The van der Waals surface area contributed by atoms with Crippen molar-refractivity contribution < 1.29 is 23.9 Å². The molecule has 0 spiro atoms. The van der Waals surface area contributed by atoms with Gasteiger partial charge in [0.2, 0.25) is 18.6 Å². The molecule has 2 N–H and O–H groups in total. The van der Waals surface area contributed by atoms with E-state index >= 15 is 0 Å². The normalized spacial score (nSPS) is 24.9. The van der Waals surface area contributed by atoms with Crippen molar-refractivity contribution in [3.8, 4) is 11.5 Å². The fourth-order valence-electron chi connectivity index (χ4n) is 5.49. The lowest BCUT2D eigenvalue weighted by Gasteiger charge is -2.48. The molecule has 3 aliphatic heterocycles. The lowest BCUT2D eigenvalue weighted by Crippen LogP contribution is -2.65. The maximum absolute atomic E-state index is 13.5. The second-order valence-electron chi connectivity index (χ2n) is 9.31. The molecule has 3 unspecified atom stereocenters. The van der Waals surface area contributed by atoms with Gasteiger partial charge in [0.15, 0.2) is 17.8 Å². The van der Waals surface area contributed by atoms with Gasteiger partial charge in [-0.15, -0.1) is 0 Å². The van der Waals surface area contributed by atoms with Crippen molar-refractivity contribution >= 4 is 23.5 Å². The Labute approximate surface area is 202 Å². The van der Waals surface area contributed by atoms with Gasteiger partial charge in [-0.25, -0.2) is 9.80 Å². The quantitative estimate of drug-likeness (QED) is 0.686. The number of rotatable bonds is 5. The van der Waals surface area contributed by atoms with Gasteiger partial charge in [0.05, 0.1) is 5.92 Å². The van der Waals surface area contributed by atoms with Crippen molar-refractivity contribution in [2.45, 2.75) is 44.6 Å². The third-order valence-electron chi connectivity index (χ3n) is 7.12. The van der Waals surface area contributed by atoms with Crippen molar-refractivity contribution in [1.29, 1.82) is 0 Å². The van der Waals surface area contributed by atoms with E-state index in [2.05, 4.69) is 10.7 Å². The van der Waals surface area contributed by atoms with E-state index in [9.17, 15) is 14.4 Å². The van der Waals surface area contributed by atoms with Crippen LogP contribution in [0, 0.1) is 5.92 Å². The number of nitrogens with zero attached hydrogens (tertiary/aromatic N) is 3. The van der Waals surface area contributed by atoms with E-state index in [-0.39, 0.29) is 43.1 Å². The standard InChI is InChI=1S/C25H27N5O5/c31-22(26-17-10-11-20-21(12-17)35-15-34-20)14-29-25(33)30-19-9-5-4-8-18(19)23(32)28(24(30)27-29)13-16-6-2-1-3-7-16/h1-3,6-7,10-12,18-19,24,27H,4-5,8-9,13-15H2,(H,26,31). The SMILES string of the molecule is O=C(CN1NC2N(Cc3ccccc3)C(=O)C3CCCCC3N2C1=O)Nc1ccc2c(c1)OCO2. The van der Waals surface area contributed by atoms with Crippen LogP contribution in [0.3, 0.4) is 0 Å². The molecule has 2 saturated heterocycles. The summed E-state index contributed by atoms with van der Waals surface area (Å²) in [5, 5.41) is 4.12. The van der Waals surface area contributed by atoms with Crippen molar-refractivity contribution in [3.05, 3.63) is 54.1 Å². The van der Waals surface area contributed by atoms with Gasteiger partial charge >= 0.3 is 6.03 Å². The van der Waals surface area contributed by atoms with Crippen LogP contribution in [0.5, 0.6) is 11.5 Å². The summed E-state index contributed by atoms with van der Waals surface area (Å²) >= 11 is 0. The van der Waals surface area contributed by atoms with Crippen LogP contribution in [0.15, 0.2) is 48.5 Å². The fourth-order valence-corrected chi connectivity index (χ4v) is 5.49. The smallest absolute Gasteiger partial charge is 0.337 e. The first kappa shape index (κ1) is 21.7. The topological polar surface area (TPSA) is 103 Å². The van der Waals surface area contributed by atoms with E-state index in [1.165, 1.54) is 5.01 Å². The van der Waals surface area contributed by atoms with Gasteiger partial charge in [-0.05, 0) is 30.5 Å². The monoisotopic (exact) mass is 477 g/mol. The third-order valence-corrected chi connectivity index (χ3v) is 7.12. The molecule has 3 atom stereocenters. The molecule has 0 radical (unpaired) electrons. The highest BCUT2D eigenvalue weighted by Gasteiger charge is 2.54. The summed E-state index contributed by atoms with van der Waals surface area (Å²) in [6.45, 7) is 0.350. The van der Waals surface area contributed by atoms with Gasteiger partial charge < -0.3 is 19.7 Å². The number of nitrogens with one attached hydrogen (secondary N) is 2. The van der Waals surface area contributed by atoms with E-state index in [1.54, 1.807) is 28.0 Å². The predicted octanol–water partition coefficient (Wildman–Crippen LogP) is 2.48. The van der Waals surface area contributed by atoms with E-state index in [1.807, 2.05) is 30.3 Å². The molecule has 10 nitrogen and oxygen atoms in total. The van der Waals surface area contributed by atoms with Gasteiger partial charge in [-0.3, -0.25) is 14.5 Å². The number of carbonyl (C=O) groups is 3. The van der Waals surface area contributed by atoms with Crippen LogP contribution in [0.1, 0.15) is 31.2 Å². The van der Waals surface area contributed by atoms with Crippen LogP contribution in [0.25, 0.3) is 0 Å². The number of anilines is 1. The van der Waals surface area contributed by atoms with Gasteiger partial charge in [0, 0.05) is 24.3 Å². The summed E-state index contributed by atoms with van der Waals surface area (Å²) in [4.78, 5) is 43.3. The molecule has 4 amide bonds. The van der Waals surface area contributed by atoms with Gasteiger partial charge in [0.25, 0.3) is 0 Å². The molecule has 10 heteroatoms. The molecule has 1 saturated carbocycles. The summed E-state index contributed by atoms with van der Waals surface area (Å²) in [6, 6.07) is 14.5. The van der Waals surface area contributed by atoms with Crippen molar-refractivity contribution in [2.75, 3.05) is 18.7 Å². The Bertz CT molecular complexity index is 1160. The highest BCUT2D eigenvalue weighted by molar-refractivity contribution is 5.95. The molecule has 2 aromatic carbocycles. The average Bonchev–Trinajstić information content (AvgIpc) is 3.46. The van der Waals surface area contributed by atoms with Crippen molar-refractivity contribution in [3.63, 3.8) is 0 Å². The largest absolute Gasteiger partial charge is 0.454 e. The molecule has 4 aliphatic rings. The van der Waals surface area contributed by atoms with Crippen LogP contribution < -0.4 is 20.2 Å². The first-order valence-electron chi connectivity index (χ1n) is 12.0. The number of amides is 4. The fraction of sp³-hybridized carbons (Fsp3) is 0.400. The van der Waals surface area contributed by atoms with Crippen molar-refractivity contribution in [1.82, 2.24) is 20.2 Å². The van der Waals surface area contributed by atoms with Crippen molar-refractivity contribution in [2.24, 2.45) is 5.92 Å². The van der Waals surface area contributed by atoms with Gasteiger partial charge in [0.1, 0.15) is 6.54 Å². The molecule has 6 rings (SSSR count). The highest BCUT2D eigenvalue weighted by atomic mass is 16.7. The molecule has 1 aliphatic carbocycles. The van der Waals surface area contributed by atoms with E-state index < -0.39 is 6.29 Å². The number of urea groups is 1. The molecule has 3 fully saturated rings. The Morgan fingerprint density at radius 1 is 1.03 bits per heavy atom. The second-order valence-corrected chi connectivity index (χ2v) is 9.31. The Hall–Kier alpha value is -3.79. The number of fused-ring (bicyclic) bond motifs is 4. The molecule has 3 heterocycles. The van der Waals surface area contributed by atoms with Crippen LogP contribution in [0.2, 0.25) is 0 Å². The van der Waals surface area contributed by atoms with Crippen LogP contribution in [-0.2, 0) is 16.1 Å². The molecular weight excluding hydrogens is 450 g/mol. The Morgan fingerprint density at radius 3 is 2.69 bits per heavy atom. The number of hydrazine groups is 1. The minimum absolute atomic E-state index is 0.0618. The number of ether oxygens (including phenoxy) is 2. The lowest BCUT2D eigenvalue weighted by atomic mass is 9.81. The minimum atomic E-state index is -0.618. The summed E-state index contributed by atoms with van der Waals surface area (Å²) in [6.07, 6.45) is 2.90. The second kappa shape index (κ2) is 8.77. The van der Waals surface area contributed by atoms with E-state index in [4.69, 9.17) is 9.47 Å². The zero-order chi connectivity index (χ0) is 23.9. The number of hydrogen-bond acceptors (Lipinski definition) is 6. The summed E-state index contributed by atoms with van der Waals surface area (Å²) in [7, 11) is 0. The lowest BCUT2D eigenvalue weighted by molar-refractivity contribution is -0.157. The predicted molar refractivity (Wildman–Crippen MR) is 125 cm³/mol. The zero-order valence-electron chi connectivity index (χ0n) is 19.2. The van der Waals surface area contributed by atoms with E-state index in [0.717, 1.165) is 31.2 Å². The molecule has 0 bridgehead atoms. The summed E-state index contributed by atoms with van der Waals surface area (Å²) in [5.74, 6) is 0.685. The summed E-state index contributed by atoms with van der Waals surface area (Å²) < 4.78 is 10.7. The van der Waals surface area contributed by atoms with Crippen LogP contribution >= 0.6 is 0 Å². The molecule has 35 heavy (non-hydrogen) atoms. The number of benzene rings is 2. The average molecular weight is 478 g/mol. The first-order valence-corrected chi connectivity index (χ1v) is 12.0. The number of hydrogen-bond donors (Lipinski definition) is 2. The third kappa shape index (κ3) is 3.93.